The van der Waals surface area contributed by atoms with Gasteiger partial charge < -0.3 is 0 Å². The van der Waals surface area contributed by atoms with Crippen molar-refractivity contribution in [2.24, 2.45) is 0 Å². The molecule has 0 heterocycles. The van der Waals surface area contributed by atoms with Crippen LogP contribution in [0.2, 0.25) is 0 Å². The van der Waals surface area contributed by atoms with Gasteiger partial charge in [0.15, 0.2) is 0 Å². The lowest BCUT2D eigenvalue weighted by molar-refractivity contribution is -0.278. The summed E-state index contributed by atoms with van der Waals surface area (Å²) >= 11 is 0. The van der Waals surface area contributed by atoms with Crippen molar-refractivity contribution in [2.45, 2.75) is 40.0 Å². The fourth-order valence-electron chi connectivity index (χ4n) is 0.818. The van der Waals surface area contributed by atoms with E-state index in [9.17, 15) is 4.57 Å². The Kier molecular flexibility index (Phi) is 10.2. The van der Waals surface area contributed by atoms with Crippen molar-refractivity contribution >= 4 is 7.82 Å². The number of hydrogen-bond acceptors (Lipinski definition) is 6. The van der Waals surface area contributed by atoms with Crippen LogP contribution in [0.25, 0.3) is 0 Å². The summed E-state index contributed by atoms with van der Waals surface area (Å²) in [6.07, 6.45) is 2.82. The van der Waals surface area contributed by atoms with Crippen LogP contribution in [0, 0.1) is 0 Å². The molecule has 0 N–H and O–H groups in total. The molecule has 16 heavy (non-hydrogen) atoms. The number of rotatable bonds is 11. The summed E-state index contributed by atoms with van der Waals surface area (Å²) in [5.41, 5.74) is 0. The predicted molar refractivity (Wildman–Crippen MR) is 58.5 cm³/mol. The van der Waals surface area contributed by atoms with Crippen LogP contribution in [0.5, 0.6) is 0 Å². The van der Waals surface area contributed by atoms with Crippen molar-refractivity contribution in [1.29, 1.82) is 0 Å². The highest BCUT2D eigenvalue weighted by molar-refractivity contribution is 7.48. The molecule has 0 amide bonds. The zero-order valence-electron chi connectivity index (χ0n) is 10.1. The van der Waals surface area contributed by atoms with Crippen LogP contribution in [-0.2, 0) is 28.2 Å². The standard InChI is InChI=1S/C9H21O6P/c1-4-7-8-9-13-16(10,14-11-5-2)15-12-6-3/h4-9H2,1-3H3. The highest BCUT2D eigenvalue weighted by atomic mass is 31.2. The van der Waals surface area contributed by atoms with Gasteiger partial charge in [0.1, 0.15) is 0 Å². The third kappa shape index (κ3) is 8.21. The Labute approximate surface area is 96.6 Å². The van der Waals surface area contributed by atoms with Gasteiger partial charge in [0, 0.05) is 0 Å². The van der Waals surface area contributed by atoms with Crippen LogP contribution in [0.3, 0.4) is 0 Å². The molecule has 0 aromatic heterocycles. The maximum atomic E-state index is 11.8. The van der Waals surface area contributed by atoms with Crippen LogP contribution in [0.1, 0.15) is 40.0 Å². The molecule has 0 bridgehead atoms. The van der Waals surface area contributed by atoms with Crippen molar-refractivity contribution in [1.82, 2.24) is 0 Å². The molecule has 6 nitrogen and oxygen atoms in total. The Morgan fingerprint density at radius 3 is 1.94 bits per heavy atom. The zero-order chi connectivity index (χ0) is 12.3. The van der Waals surface area contributed by atoms with Crippen molar-refractivity contribution < 1.29 is 28.2 Å². The third-order valence-electron chi connectivity index (χ3n) is 1.52. The van der Waals surface area contributed by atoms with E-state index in [4.69, 9.17) is 4.52 Å². The molecule has 0 aliphatic carbocycles. The van der Waals surface area contributed by atoms with Gasteiger partial charge in [0.2, 0.25) is 0 Å². The first kappa shape index (κ1) is 16.0. The fraction of sp³-hybridized carbons (Fsp3) is 1.00. The quantitative estimate of drug-likeness (QED) is 0.245. The molecule has 0 aromatic carbocycles. The maximum absolute atomic E-state index is 11.8. The van der Waals surface area contributed by atoms with Gasteiger partial charge in [0.25, 0.3) is 0 Å². The Morgan fingerprint density at radius 2 is 1.50 bits per heavy atom. The van der Waals surface area contributed by atoms with E-state index in [-0.39, 0.29) is 19.8 Å². The summed E-state index contributed by atoms with van der Waals surface area (Å²) in [4.78, 5) is 9.12. The maximum Gasteiger partial charge on any atom is 0.529 e. The summed E-state index contributed by atoms with van der Waals surface area (Å²) in [7, 11) is -3.74. The first-order chi connectivity index (χ1) is 7.68. The van der Waals surface area contributed by atoms with E-state index in [2.05, 4.69) is 26.0 Å². The SMILES string of the molecule is CCCCCOP(=O)(OOCC)OOCC. The van der Waals surface area contributed by atoms with Gasteiger partial charge in [-0.05, 0) is 20.3 Å². The molecule has 0 radical (unpaired) electrons. The summed E-state index contributed by atoms with van der Waals surface area (Å²) in [5, 5.41) is 0. The summed E-state index contributed by atoms with van der Waals surface area (Å²) < 4.78 is 25.9. The molecule has 0 saturated heterocycles. The van der Waals surface area contributed by atoms with Crippen molar-refractivity contribution in [3.8, 4) is 0 Å². The molecule has 0 saturated carbocycles. The molecular formula is C9H21O6P. The van der Waals surface area contributed by atoms with E-state index >= 15 is 0 Å². The van der Waals surface area contributed by atoms with E-state index in [1.165, 1.54) is 0 Å². The van der Waals surface area contributed by atoms with Gasteiger partial charge >= 0.3 is 7.82 Å². The highest BCUT2D eigenvalue weighted by Gasteiger charge is 2.29. The molecule has 0 unspecified atom stereocenters. The van der Waals surface area contributed by atoms with E-state index < -0.39 is 7.82 Å². The van der Waals surface area contributed by atoms with Crippen molar-refractivity contribution in [2.75, 3.05) is 19.8 Å². The van der Waals surface area contributed by atoms with E-state index in [1.54, 1.807) is 13.8 Å². The minimum absolute atomic E-state index is 0.248. The van der Waals surface area contributed by atoms with Gasteiger partial charge in [-0.1, -0.05) is 19.8 Å². The number of phosphoric acid groups is 1. The summed E-state index contributed by atoms with van der Waals surface area (Å²) in [5.74, 6) is 0. The van der Waals surface area contributed by atoms with Crippen LogP contribution in [-0.4, -0.2) is 19.8 Å². The smallest absolute Gasteiger partial charge is 0.284 e. The highest BCUT2D eigenvalue weighted by Crippen LogP contribution is 2.49. The average molecular weight is 256 g/mol. The lowest BCUT2D eigenvalue weighted by Crippen LogP contribution is -2.03. The molecule has 0 spiro atoms. The van der Waals surface area contributed by atoms with E-state index in [0.717, 1.165) is 19.3 Å². The number of hydrogen-bond donors (Lipinski definition) is 0. The minimum Gasteiger partial charge on any atom is -0.284 e. The first-order valence-corrected chi connectivity index (χ1v) is 7.01. The van der Waals surface area contributed by atoms with Crippen LogP contribution in [0.4, 0.5) is 0 Å². The van der Waals surface area contributed by atoms with Gasteiger partial charge in [-0.3, -0.25) is 4.52 Å². The van der Waals surface area contributed by atoms with Crippen LogP contribution in [0.15, 0.2) is 0 Å². The van der Waals surface area contributed by atoms with Crippen LogP contribution >= 0.6 is 7.82 Å². The molecule has 98 valence electrons. The molecule has 0 aromatic rings. The summed E-state index contributed by atoms with van der Waals surface area (Å²) in [6, 6.07) is 0. The van der Waals surface area contributed by atoms with Gasteiger partial charge in [-0.25, -0.2) is 14.3 Å². The molecule has 7 heteroatoms. The molecule has 0 atom stereocenters. The Bertz CT molecular complexity index is 186. The topological polar surface area (TPSA) is 63.2 Å². The second-order valence-electron chi connectivity index (χ2n) is 2.95. The van der Waals surface area contributed by atoms with Crippen molar-refractivity contribution in [3.63, 3.8) is 0 Å². The second kappa shape index (κ2) is 10.2. The second-order valence-corrected chi connectivity index (χ2v) is 4.40. The van der Waals surface area contributed by atoms with Crippen molar-refractivity contribution in [3.05, 3.63) is 0 Å². The predicted octanol–water partition coefficient (Wildman–Crippen LogP) is 3.24. The average Bonchev–Trinajstić information content (AvgIpc) is 2.30. The fourth-order valence-corrected chi connectivity index (χ4v) is 1.75. The van der Waals surface area contributed by atoms with E-state index in [1.807, 2.05) is 0 Å². The normalized spacial score (nSPS) is 11.9. The third-order valence-corrected chi connectivity index (χ3v) is 2.60. The Morgan fingerprint density at radius 1 is 0.938 bits per heavy atom. The molecular weight excluding hydrogens is 235 g/mol. The lowest BCUT2D eigenvalue weighted by atomic mass is 10.3. The first-order valence-electron chi connectivity index (χ1n) is 5.55. The molecule has 0 aliphatic rings. The van der Waals surface area contributed by atoms with Crippen LogP contribution < -0.4 is 0 Å². The Hall–Kier alpha value is 0.0300. The Balaban J connectivity index is 3.92. The zero-order valence-corrected chi connectivity index (χ0v) is 11.0. The van der Waals surface area contributed by atoms with Gasteiger partial charge in [-0.15, -0.1) is 9.35 Å². The largest absolute Gasteiger partial charge is 0.529 e. The van der Waals surface area contributed by atoms with E-state index in [0.29, 0.717) is 0 Å². The molecule has 0 fully saturated rings. The van der Waals surface area contributed by atoms with Gasteiger partial charge in [-0.2, -0.15) is 0 Å². The molecule has 0 rings (SSSR count). The monoisotopic (exact) mass is 256 g/mol. The number of unbranched alkanes of at least 4 members (excludes halogenated alkanes) is 2. The summed E-state index contributed by atoms with van der Waals surface area (Å²) in [6.45, 7) is 6.23. The van der Waals surface area contributed by atoms with Gasteiger partial charge in [0.05, 0.1) is 19.8 Å². The lowest BCUT2D eigenvalue weighted by Gasteiger charge is -2.14. The molecule has 0 aliphatic heterocycles. The minimum atomic E-state index is -3.74.